The fraction of sp³-hybridized carbons (Fsp3) is 0.692. The maximum atomic E-state index is 12.1. The highest BCUT2D eigenvalue weighted by Crippen LogP contribution is 2.10. The number of allylic oxidation sites excluding steroid dienone is 4. The molecule has 14 heavy (non-hydrogen) atoms. The Morgan fingerprint density at radius 2 is 1.93 bits per heavy atom. The molecule has 0 saturated carbocycles. The maximum absolute atomic E-state index is 12.1. The standard InChI is InChI=1S/C13H23F/c1-11(2)9-12(3)7-5-6-8-13(4)10-14/h6-8,11,13H,5,9-10H2,1-4H3. The van der Waals surface area contributed by atoms with Crippen LogP contribution >= 0.6 is 0 Å². The molecule has 1 atom stereocenters. The van der Waals surface area contributed by atoms with Crippen molar-refractivity contribution in [3.8, 4) is 0 Å². The van der Waals surface area contributed by atoms with Crippen molar-refractivity contribution >= 4 is 0 Å². The van der Waals surface area contributed by atoms with Crippen LogP contribution in [0.1, 0.15) is 40.5 Å². The predicted molar refractivity (Wildman–Crippen MR) is 62.1 cm³/mol. The lowest BCUT2D eigenvalue weighted by molar-refractivity contribution is 0.430. The van der Waals surface area contributed by atoms with Crippen molar-refractivity contribution in [2.45, 2.75) is 40.5 Å². The third kappa shape index (κ3) is 8.03. The molecule has 0 aromatic carbocycles. The molecule has 0 spiro atoms. The summed E-state index contributed by atoms with van der Waals surface area (Å²) in [7, 11) is 0. The van der Waals surface area contributed by atoms with E-state index in [0.29, 0.717) is 0 Å². The molecule has 1 unspecified atom stereocenters. The normalized spacial score (nSPS) is 15.4. The Kier molecular flexibility index (Phi) is 7.45. The van der Waals surface area contributed by atoms with E-state index in [4.69, 9.17) is 0 Å². The van der Waals surface area contributed by atoms with E-state index in [1.54, 1.807) is 0 Å². The number of alkyl halides is 1. The lowest BCUT2D eigenvalue weighted by Crippen LogP contribution is -1.90. The lowest BCUT2D eigenvalue weighted by atomic mass is 10.0. The topological polar surface area (TPSA) is 0 Å². The molecule has 0 aliphatic rings. The lowest BCUT2D eigenvalue weighted by Gasteiger charge is -2.03. The monoisotopic (exact) mass is 198 g/mol. The van der Waals surface area contributed by atoms with Crippen molar-refractivity contribution in [3.63, 3.8) is 0 Å². The predicted octanol–water partition coefficient (Wildman–Crippen LogP) is 4.53. The summed E-state index contributed by atoms with van der Waals surface area (Å²) in [5.41, 5.74) is 1.43. The third-order valence-electron chi connectivity index (χ3n) is 2.04. The van der Waals surface area contributed by atoms with E-state index in [1.807, 2.05) is 19.1 Å². The molecule has 0 amide bonds. The molecule has 0 heterocycles. The Morgan fingerprint density at radius 1 is 1.29 bits per heavy atom. The number of hydrogen-bond acceptors (Lipinski definition) is 0. The average molecular weight is 198 g/mol. The Hall–Kier alpha value is -0.590. The van der Waals surface area contributed by atoms with E-state index in [1.165, 1.54) is 5.57 Å². The molecule has 0 aromatic rings. The zero-order chi connectivity index (χ0) is 11.0. The van der Waals surface area contributed by atoms with Crippen molar-refractivity contribution in [2.75, 3.05) is 6.67 Å². The van der Waals surface area contributed by atoms with Crippen LogP contribution in [-0.2, 0) is 0 Å². The first kappa shape index (κ1) is 13.4. The molecule has 0 fully saturated rings. The highest BCUT2D eigenvalue weighted by molar-refractivity contribution is 5.03. The van der Waals surface area contributed by atoms with Gasteiger partial charge >= 0.3 is 0 Å². The van der Waals surface area contributed by atoms with Crippen LogP contribution in [0.3, 0.4) is 0 Å². The van der Waals surface area contributed by atoms with Crippen molar-refractivity contribution < 1.29 is 4.39 Å². The summed E-state index contributed by atoms with van der Waals surface area (Å²) in [4.78, 5) is 0. The molecule has 0 radical (unpaired) electrons. The van der Waals surface area contributed by atoms with Crippen LogP contribution in [0.4, 0.5) is 4.39 Å². The molecule has 0 aromatic heterocycles. The zero-order valence-electron chi connectivity index (χ0n) is 9.89. The van der Waals surface area contributed by atoms with Gasteiger partial charge in [0.2, 0.25) is 0 Å². The minimum absolute atomic E-state index is 0.0637. The molecule has 0 aliphatic heterocycles. The second kappa shape index (κ2) is 7.78. The number of hydrogen-bond donors (Lipinski definition) is 0. The van der Waals surface area contributed by atoms with Crippen molar-refractivity contribution in [2.24, 2.45) is 11.8 Å². The van der Waals surface area contributed by atoms with Crippen LogP contribution in [0, 0.1) is 11.8 Å². The van der Waals surface area contributed by atoms with Crippen molar-refractivity contribution in [1.29, 1.82) is 0 Å². The van der Waals surface area contributed by atoms with Gasteiger partial charge in [0.05, 0.1) is 6.67 Å². The minimum atomic E-state index is -0.259. The summed E-state index contributed by atoms with van der Waals surface area (Å²) in [5.74, 6) is 0.786. The van der Waals surface area contributed by atoms with Gasteiger partial charge in [-0.25, -0.2) is 0 Å². The SMILES string of the molecule is CC(=CCC=CC(C)CF)CC(C)C. The van der Waals surface area contributed by atoms with Gasteiger partial charge in [-0.05, 0) is 25.7 Å². The Bertz CT molecular complexity index is 189. The summed E-state index contributed by atoms with van der Waals surface area (Å²) in [6.45, 7) is 8.23. The first-order valence-corrected chi connectivity index (χ1v) is 5.44. The molecule has 1 heteroatoms. The molecule has 0 N–H and O–H groups in total. The molecule has 0 bridgehead atoms. The van der Waals surface area contributed by atoms with E-state index in [-0.39, 0.29) is 12.6 Å². The fourth-order valence-electron chi connectivity index (χ4n) is 1.36. The van der Waals surface area contributed by atoms with Crippen LogP contribution in [0.25, 0.3) is 0 Å². The third-order valence-corrected chi connectivity index (χ3v) is 2.04. The van der Waals surface area contributed by atoms with Gasteiger partial charge in [0, 0.05) is 5.92 Å². The van der Waals surface area contributed by atoms with E-state index in [9.17, 15) is 4.39 Å². The summed E-state index contributed by atoms with van der Waals surface area (Å²) in [6.07, 6.45) is 8.31. The van der Waals surface area contributed by atoms with E-state index < -0.39 is 0 Å². The van der Waals surface area contributed by atoms with Crippen molar-refractivity contribution in [3.05, 3.63) is 23.8 Å². The highest BCUT2D eigenvalue weighted by Gasteiger charge is 1.94. The largest absolute Gasteiger partial charge is 0.250 e. The quantitative estimate of drug-likeness (QED) is 0.550. The van der Waals surface area contributed by atoms with Crippen LogP contribution in [-0.4, -0.2) is 6.67 Å². The Morgan fingerprint density at radius 3 is 2.43 bits per heavy atom. The summed E-state index contributed by atoms with van der Waals surface area (Å²) in [6, 6.07) is 0. The molecule has 0 saturated heterocycles. The summed E-state index contributed by atoms with van der Waals surface area (Å²) in [5, 5.41) is 0. The molecule has 0 aliphatic carbocycles. The van der Waals surface area contributed by atoms with Crippen LogP contribution in [0.2, 0.25) is 0 Å². The van der Waals surface area contributed by atoms with Crippen molar-refractivity contribution in [1.82, 2.24) is 0 Å². The molecular formula is C13H23F. The minimum Gasteiger partial charge on any atom is -0.250 e. The molecule has 0 rings (SSSR count). The average Bonchev–Trinajstić information content (AvgIpc) is 2.10. The van der Waals surface area contributed by atoms with Gasteiger partial charge in [0.25, 0.3) is 0 Å². The van der Waals surface area contributed by atoms with Gasteiger partial charge in [-0.2, -0.15) is 0 Å². The van der Waals surface area contributed by atoms with E-state index in [0.717, 1.165) is 18.8 Å². The molecule has 0 nitrogen and oxygen atoms in total. The number of halogens is 1. The fourth-order valence-corrected chi connectivity index (χ4v) is 1.36. The first-order chi connectivity index (χ1) is 6.56. The van der Waals surface area contributed by atoms with Gasteiger partial charge in [-0.15, -0.1) is 0 Å². The number of rotatable bonds is 6. The second-order valence-corrected chi connectivity index (χ2v) is 4.44. The van der Waals surface area contributed by atoms with Gasteiger partial charge in [-0.1, -0.05) is 44.6 Å². The van der Waals surface area contributed by atoms with Gasteiger partial charge < -0.3 is 0 Å². The van der Waals surface area contributed by atoms with E-state index in [2.05, 4.69) is 26.8 Å². The Balaban J connectivity index is 3.75. The second-order valence-electron chi connectivity index (χ2n) is 4.44. The zero-order valence-corrected chi connectivity index (χ0v) is 9.89. The van der Waals surface area contributed by atoms with Gasteiger partial charge in [0.1, 0.15) is 0 Å². The van der Waals surface area contributed by atoms with Crippen LogP contribution in [0.15, 0.2) is 23.8 Å². The van der Waals surface area contributed by atoms with E-state index >= 15 is 0 Å². The smallest absolute Gasteiger partial charge is 0.0954 e. The molecular weight excluding hydrogens is 175 g/mol. The maximum Gasteiger partial charge on any atom is 0.0954 e. The Labute approximate surface area is 87.9 Å². The van der Waals surface area contributed by atoms with Crippen LogP contribution < -0.4 is 0 Å². The first-order valence-electron chi connectivity index (χ1n) is 5.44. The van der Waals surface area contributed by atoms with Crippen LogP contribution in [0.5, 0.6) is 0 Å². The summed E-state index contributed by atoms with van der Waals surface area (Å²) < 4.78 is 12.1. The highest BCUT2D eigenvalue weighted by atomic mass is 19.1. The van der Waals surface area contributed by atoms with Gasteiger partial charge in [-0.3, -0.25) is 4.39 Å². The summed E-state index contributed by atoms with van der Waals surface area (Å²) >= 11 is 0. The van der Waals surface area contributed by atoms with Gasteiger partial charge in [0.15, 0.2) is 0 Å². The molecule has 82 valence electrons.